The van der Waals surface area contributed by atoms with Crippen LogP contribution < -0.4 is 5.73 Å². The Bertz CT molecular complexity index is 138. The van der Waals surface area contributed by atoms with E-state index < -0.39 is 18.0 Å². The largest absolute Gasteiger partial charge is 0.481 e. The minimum absolute atomic E-state index is 0.613. The van der Waals surface area contributed by atoms with E-state index in [1.54, 1.807) is 0 Å². The molecule has 0 saturated carbocycles. The highest BCUT2D eigenvalue weighted by molar-refractivity contribution is 5.75. The lowest BCUT2D eigenvalue weighted by Crippen LogP contribution is -2.27. The molecule has 52 valence electrons. The van der Waals surface area contributed by atoms with Crippen LogP contribution in [0.5, 0.6) is 0 Å². The molecule has 9 heavy (non-hydrogen) atoms. The normalized spacial score (nSPS) is 12.1. The van der Waals surface area contributed by atoms with Gasteiger partial charge in [0.25, 0.3) is 5.95 Å². The van der Waals surface area contributed by atoms with Crippen LogP contribution in [0.3, 0.4) is 0 Å². The molecule has 1 unspecified atom stereocenters. The van der Waals surface area contributed by atoms with E-state index in [1.165, 1.54) is 0 Å². The molecule has 0 saturated heterocycles. The molecule has 0 aromatic heterocycles. The van der Waals surface area contributed by atoms with Crippen LogP contribution in [-0.4, -0.2) is 27.3 Å². The van der Waals surface area contributed by atoms with Gasteiger partial charge in [0, 0.05) is 6.08 Å². The fourth-order valence-electron chi connectivity index (χ4n) is 0.232. The van der Waals surface area contributed by atoms with E-state index in [9.17, 15) is 4.79 Å². The molecular formula is C4H7NO4. The summed E-state index contributed by atoms with van der Waals surface area (Å²) in [6.07, 6.45) is 0.613. The number of carboxylic acid groups (broad SMARTS) is 1. The lowest BCUT2D eigenvalue weighted by Gasteiger charge is -1.95. The van der Waals surface area contributed by atoms with Crippen LogP contribution in [0, 0.1) is 0 Å². The molecule has 0 aromatic rings. The van der Waals surface area contributed by atoms with Gasteiger partial charge < -0.3 is 21.1 Å². The van der Waals surface area contributed by atoms with Gasteiger partial charge in [-0.05, 0) is 0 Å². The molecule has 0 aromatic carbocycles. The zero-order valence-electron chi connectivity index (χ0n) is 4.48. The first-order valence-electron chi connectivity index (χ1n) is 2.12. The molecule has 0 radical (unpaired) electrons. The summed E-state index contributed by atoms with van der Waals surface area (Å²) in [5.74, 6) is -2.39. The second kappa shape index (κ2) is 2.93. The predicted molar refractivity (Wildman–Crippen MR) is 29.0 cm³/mol. The minimum atomic E-state index is -1.35. The van der Waals surface area contributed by atoms with Crippen LogP contribution >= 0.6 is 0 Å². The van der Waals surface area contributed by atoms with E-state index in [0.717, 1.165) is 0 Å². The predicted octanol–water partition coefficient (Wildman–Crippen LogP) is -0.644. The Morgan fingerprint density at radius 3 is 2.00 bits per heavy atom. The average Bonchev–Trinajstić information content (AvgIpc) is 1.63. The molecule has 0 rings (SSSR count). The lowest BCUT2D eigenvalue weighted by molar-refractivity contribution is -0.137. The maximum absolute atomic E-state index is 9.84. The van der Waals surface area contributed by atoms with Gasteiger partial charge in [-0.3, -0.25) is 4.79 Å². The van der Waals surface area contributed by atoms with Crippen molar-refractivity contribution in [2.24, 2.45) is 5.73 Å². The molecule has 1 atom stereocenters. The fraction of sp³-hybridized carbons (Fsp3) is 0.250. The zero-order chi connectivity index (χ0) is 7.44. The molecule has 0 heterocycles. The first-order chi connectivity index (χ1) is 4.04. The highest BCUT2D eigenvalue weighted by atomic mass is 16.5. The summed E-state index contributed by atoms with van der Waals surface area (Å²) in [5.41, 5.74) is 4.82. The Morgan fingerprint density at radius 2 is 1.89 bits per heavy atom. The maximum Gasteiger partial charge on any atom is 0.324 e. The quantitative estimate of drug-likeness (QED) is 0.375. The number of hydrogen-bond acceptors (Lipinski definition) is 4. The molecule has 5 nitrogen and oxygen atoms in total. The second-order valence-corrected chi connectivity index (χ2v) is 1.39. The summed E-state index contributed by atoms with van der Waals surface area (Å²) >= 11 is 0. The van der Waals surface area contributed by atoms with Crippen molar-refractivity contribution < 1.29 is 20.1 Å². The molecular weight excluding hydrogens is 126 g/mol. The Hall–Kier alpha value is -1.23. The van der Waals surface area contributed by atoms with Crippen molar-refractivity contribution in [2.75, 3.05) is 0 Å². The monoisotopic (exact) mass is 133 g/mol. The standard InChI is InChI=1S/C4H7NO4/c5-2(4(8)9)1-3(6)7/h1-2,6-7H,5H2,(H,8,9). The van der Waals surface area contributed by atoms with E-state index in [0.29, 0.717) is 6.08 Å². The van der Waals surface area contributed by atoms with Crippen LogP contribution in [0.2, 0.25) is 0 Å². The van der Waals surface area contributed by atoms with Crippen molar-refractivity contribution in [3.8, 4) is 0 Å². The Balaban J connectivity index is 3.91. The highest BCUT2D eigenvalue weighted by Crippen LogP contribution is 1.85. The number of aliphatic hydroxyl groups excluding tert-OH is 1. The molecule has 0 aliphatic rings. The van der Waals surface area contributed by atoms with Gasteiger partial charge in [0.1, 0.15) is 6.04 Å². The van der Waals surface area contributed by atoms with E-state index in [1.807, 2.05) is 0 Å². The van der Waals surface area contributed by atoms with Crippen LogP contribution in [-0.2, 0) is 4.79 Å². The summed E-state index contributed by atoms with van der Waals surface area (Å²) in [6.45, 7) is 0. The summed E-state index contributed by atoms with van der Waals surface area (Å²) in [6, 6.07) is -1.35. The molecule has 0 aliphatic carbocycles. The third-order valence-electron chi connectivity index (χ3n) is 0.614. The maximum atomic E-state index is 9.84. The van der Waals surface area contributed by atoms with Crippen molar-refractivity contribution in [3.05, 3.63) is 12.0 Å². The third kappa shape index (κ3) is 3.36. The first-order valence-corrected chi connectivity index (χ1v) is 2.12. The molecule has 5 heteroatoms. The SMILES string of the molecule is NC(C=C(O)O)C(=O)O. The van der Waals surface area contributed by atoms with Crippen molar-refractivity contribution in [3.63, 3.8) is 0 Å². The fourth-order valence-corrected chi connectivity index (χ4v) is 0.232. The molecule has 0 aliphatic heterocycles. The Morgan fingerprint density at radius 1 is 1.44 bits per heavy atom. The number of rotatable bonds is 2. The van der Waals surface area contributed by atoms with Gasteiger partial charge in [-0.2, -0.15) is 0 Å². The molecule has 0 fully saturated rings. The Kier molecular flexibility index (Phi) is 2.53. The molecule has 0 bridgehead atoms. The van der Waals surface area contributed by atoms with Crippen molar-refractivity contribution >= 4 is 5.97 Å². The molecule has 5 N–H and O–H groups in total. The van der Waals surface area contributed by atoms with Crippen LogP contribution in [0.25, 0.3) is 0 Å². The number of carboxylic acids is 1. The molecule has 0 spiro atoms. The van der Waals surface area contributed by atoms with E-state index in [-0.39, 0.29) is 0 Å². The number of hydrogen-bond donors (Lipinski definition) is 4. The lowest BCUT2D eigenvalue weighted by atomic mass is 10.3. The number of nitrogens with two attached hydrogens (primary N) is 1. The first kappa shape index (κ1) is 7.77. The minimum Gasteiger partial charge on any atom is -0.481 e. The third-order valence-corrected chi connectivity index (χ3v) is 0.614. The summed E-state index contributed by atoms with van der Waals surface area (Å²) < 4.78 is 0. The van der Waals surface area contributed by atoms with Crippen molar-refractivity contribution in [2.45, 2.75) is 6.04 Å². The molecule has 0 amide bonds. The van der Waals surface area contributed by atoms with Crippen LogP contribution in [0.15, 0.2) is 12.0 Å². The van der Waals surface area contributed by atoms with Crippen molar-refractivity contribution in [1.29, 1.82) is 0 Å². The van der Waals surface area contributed by atoms with Gasteiger partial charge in [-0.1, -0.05) is 0 Å². The van der Waals surface area contributed by atoms with Gasteiger partial charge in [0.15, 0.2) is 0 Å². The van der Waals surface area contributed by atoms with Gasteiger partial charge >= 0.3 is 5.97 Å². The summed E-state index contributed by atoms with van der Waals surface area (Å²) in [7, 11) is 0. The van der Waals surface area contributed by atoms with E-state index >= 15 is 0 Å². The van der Waals surface area contributed by atoms with Gasteiger partial charge in [0.05, 0.1) is 0 Å². The van der Waals surface area contributed by atoms with Gasteiger partial charge in [-0.15, -0.1) is 0 Å². The highest BCUT2D eigenvalue weighted by Gasteiger charge is 2.07. The average molecular weight is 133 g/mol. The smallest absolute Gasteiger partial charge is 0.324 e. The van der Waals surface area contributed by atoms with E-state index in [2.05, 4.69) is 0 Å². The topological polar surface area (TPSA) is 104 Å². The van der Waals surface area contributed by atoms with E-state index in [4.69, 9.17) is 21.1 Å². The Labute approximate surface area is 51.0 Å². The van der Waals surface area contributed by atoms with Crippen LogP contribution in [0.4, 0.5) is 0 Å². The number of carbonyl (C=O) groups is 1. The number of aliphatic hydroxyl groups is 2. The summed E-state index contributed by atoms with van der Waals surface area (Å²) in [4.78, 5) is 9.84. The van der Waals surface area contributed by atoms with Gasteiger partial charge in [0.2, 0.25) is 0 Å². The van der Waals surface area contributed by atoms with Crippen molar-refractivity contribution in [1.82, 2.24) is 0 Å². The van der Waals surface area contributed by atoms with Gasteiger partial charge in [-0.25, -0.2) is 0 Å². The second-order valence-electron chi connectivity index (χ2n) is 1.39. The number of aliphatic carboxylic acids is 1. The van der Waals surface area contributed by atoms with Crippen LogP contribution in [0.1, 0.15) is 0 Å². The zero-order valence-corrected chi connectivity index (χ0v) is 4.48. The summed E-state index contributed by atoms with van der Waals surface area (Å²) in [5, 5.41) is 24.1.